The quantitative estimate of drug-likeness (QED) is 0.797. The van der Waals surface area contributed by atoms with Crippen LogP contribution in [0.2, 0.25) is 0 Å². The molecule has 5 nitrogen and oxygen atoms in total. The van der Waals surface area contributed by atoms with Crippen molar-refractivity contribution in [3.05, 3.63) is 24.0 Å². The van der Waals surface area contributed by atoms with Crippen LogP contribution in [0.4, 0.5) is 4.39 Å². The first-order chi connectivity index (χ1) is 8.90. The second kappa shape index (κ2) is 8.41. The van der Waals surface area contributed by atoms with Gasteiger partial charge in [0.25, 0.3) is 0 Å². The zero-order valence-electron chi connectivity index (χ0n) is 11.6. The third-order valence-corrected chi connectivity index (χ3v) is 3.99. The van der Waals surface area contributed by atoms with Crippen molar-refractivity contribution in [1.29, 1.82) is 0 Å². The van der Waals surface area contributed by atoms with Gasteiger partial charge in [0.05, 0.1) is 12.0 Å². The Hall–Kier alpha value is -0.890. The minimum absolute atomic E-state index is 0. The fourth-order valence-electron chi connectivity index (χ4n) is 1.55. The minimum atomic E-state index is -3.66. The van der Waals surface area contributed by atoms with E-state index in [0.29, 0.717) is 0 Å². The molecule has 0 spiro atoms. The van der Waals surface area contributed by atoms with Crippen LogP contribution in [0.15, 0.2) is 23.1 Å². The number of halogens is 2. The summed E-state index contributed by atoms with van der Waals surface area (Å²) in [6, 6.07) is 3.46. The van der Waals surface area contributed by atoms with E-state index in [4.69, 9.17) is 4.74 Å². The van der Waals surface area contributed by atoms with Gasteiger partial charge < -0.3 is 10.1 Å². The van der Waals surface area contributed by atoms with Gasteiger partial charge in [-0.2, -0.15) is 0 Å². The van der Waals surface area contributed by atoms with Crippen molar-refractivity contribution in [1.82, 2.24) is 10.0 Å². The van der Waals surface area contributed by atoms with Crippen molar-refractivity contribution < 1.29 is 17.5 Å². The van der Waals surface area contributed by atoms with E-state index in [2.05, 4.69) is 10.0 Å². The summed E-state index contributed by atoms with van der Waals surface area (Å²) in [4.78, 5) is -0.0190. The SMILES string of the molecule is CCN[C@H](C)CNS(=O)(=O)c1ccc(F)c(OC)c1.Cl. The molecule has 2 N–H and O–H groups in total. The fraction of sp³-hybridized carbons (Fsp3) is 0.500. The summed E-state index contributed by atoms with van der Waals surface area (Å²) in [7, 11) is -2.37. The largest absolute Gasteiger partial charge is 0.494 e. The topological polar surface area (TPSA) is 67.4 Å². The molecule has 1 atom stereocenters. The van der Waals surface area contributed by atoms with Crippen molar-refractivity contribution in [2.75, 3.05) is 20.2 Å². The number of nitrogens with one attached hydrogen (secondary N) is 2. The summed E-state index contributed by atoms with van der Waals surface area (Å²) in [5, 5.41) is 3.09. The summed E-state index contributed by atoms with van der Waals surface area (Å²) in [6.07, 6.45) is 0. The van der Waals surface area contributed by atoms with Gasteiger partial charge in [-0.1, -0.05) is 6.92 Å². The van der Waals surface area contributed by atoms with E-state index in [0.717, 1.165) is 18.7 Å². The molecule has 0 aliphatic rings. The lowest BCUT2D eigenvalue weighted by molar-refractivity contribution is 0.385. The maximum Gasteiger partial charge on any atom is 0.240 e. The summed E-state index contributed by atoms with van der Waals surface area (Å²) in [5.74, 6) is -0.690. The van der Waals surface area contributed by atoms with E-state index < -0.39 is 15.8 Å². The number of ether oxygens (including phenoxy) is 1. The molecule has 20 heavy (non-hydrogen) atoms. The molecule has 0 aliphatic carbocycles. The van der Waals surface area contributed by atoms with Gasteiger partial charge in [-0.25, -0.2) is 17.5 Å². The molecular weight excluding hydrogens is 307 g/mol. The van der Waals surface area contributed by atoms with Crippen LogP contribution in [0.1, 0.15) is 13.8 Å². The van der Waals surface area contributed by atoms with Crippen LogP contribution < -0.4 is 14.8 Å². The zero-order chi connectivity index (χ0) is 14.5. The summed E-state index contributed by atoms with van der Waals surface area (Å²) >= 11 is 0. The lowest BCUT2D eigenvalue weighted by Gasteiger charge is -2.14. The van der Waals surface area contributed by atoms with Crippen molar-refractivity contribution in [2.45, 2.75) is 24.8 Å². The van der Waals surface area contributed by atoms with Crippen molar-refractivity contribution in [3.8, 4) is 5.75 Å². The normalized spacial score (nSPS) is 12.6. The maximum absolute atomic E-state index is 13.2. The average molecular weight is 327 g/mol. The highest BCUT2D eigenvalue weighted by molar-refractivity contribution is 7.89. The van der Waals surface area contributed by atoms with Gasteiger partial charge in [0.1, 0.15) is 0 Å². The first-order valence-electron chi connectivity index (χ1n) is 5.97. The molecule has 0 unspecified atom stereocenters. The smallest absolute Gasteiger partial charge is 0.240 e. The molecule has 0 aliphatic heterocycles. The van der Waals surface area contributed by atoms with Crippen molar-refractivity contribution >= 4 is 22.4 Å². The second-order valence-electron chi connectivity index (χ2n) is 4.11. The van der Waals surface area contributed by atoms with Crippen LogP contribution in [0.3, 0.4) is 0 Å². The van der Waals surface area contributed by atoms with Gasteiger partial charge >= 0.3 is 0 Å². The highest BCUT2D eigenvalue weighted by Gasteiger charge is 2.17. The van der Waals surface area contributed by atoms with Gasteiger partial charge in [0, 0.05) is 18.7 Å². The van der Waals surface area contributed by atoms with Crippen LogP contribution in [0, 0.1) is 5.82 Å². The van der Waals surface area contributed by atoms with E-state index >= 15 is 0 Å². The number of methoxy groups -OCH3 is 1. The van der Waals surface area contributed by atoms with Crippen LogP contribution in [-0.2, 0) is 10.0 Å². The van der Waals surface area contributed by atoms with Gasteiger partial charge in [-0.15, -0.1) is 12.4 Å². The summed E-state index contributed by atoms with van der Waals surface area (Å²) in [5.41, 5.74) is 0. The Balaban J connectivity index is 0.00000361. The monoisotopic (exact) mass is 326 g/mol. The van der Waals surface area contributed by atoms with Crippen molar-refractivity contribution in [3.63, 3.8) is 0 Å². The Morgan fingerprint density at radius 1 is 1.40 bits per heavy atom. The number of likely N-dealkylation sites (N-methyl/N-ethyl adjacent to an activating group) is 1. The molecule has 8 heteroatoms. The summed E-state index contributed by atoms with van der Waals surface area (Å²) in [6.45, 7) is 4.83. The molecule has 0 saturated heterocycles. The van der Waals surface area contributed by atoms with E-state index in [1.54, 1.807) is 0 Å². The third-order valence-electron chi connectivity index (χ3n) is 2.57. The second-order valence-corrected chi connectivity index (χ2v) is 5.87. The van der Waals surface area contributed by atoms with Gasteiger partial charge in [-0.05, 0) is 25.6 Å². The molecule has 1 rings (SSSR count). The Labute approximate surface area is 125 Å². The maximum atomic E-state index is 13.2. The van der Waals surface area contributed by atoms with Crippen molar-refractivity contribution in [2.24, 2.45) is 0 Å². The molecule has 0 amide bonds. The van der Waals surface area contributed by atoms with Gasteiger partial charge in [0.2, 0.25) is 10.0 Å². The molecular formula is C12H20ClFN2O3S. The minimum Gasteiger partial charge on any atom is -0.494 e. The zero-order valence-corrected chi connectivity index (χ0v) is 13.3. The van der Waals surface area contributed by atoms with Crippen LogP contribution in [0.5, 0.6) is 5.75 Å². The Bertz CT molecular complexity index is 525. The number of rotatable bonds is 7. The lowest BCUT2D eigenvalue weighted by Crippen LogP contribution is -2.38. The first-order valence-corrected chi connectivity index (χ1v) is 7.45. The Morgan fingerprint density at radius 3 is 2.60 bits per heavy atom. The Kier molecular flexibility index (Phi) is 8.03. The predicted molar refractivity (Wildman–Crippen MR) is 78.5 cm³/mol. The molecule has 0 heterocycles. The fourth-order valence-corrected chi connectivity index (χ4v) is 2.69. The predicted octanol–water partition coefficient (Wildman–Crippen LogP) is 1.53. The molecule has 0 aromatic heterocycles. The molecule has 0 bridgehead atoms. The number of hydrogen-bond acceptors (Lipinski definition) is 4. The highest BCUT2D eigenvalue weighted by atomic mass is 35.5. The highest BCUT2D eigenvalue weighted by Crippen LogP contribution is 2.21. The Morgan fingerprint density at radius 2 is 2.05 bits per heavy atom. The molecule has 0 radical (unpaired) electrons. The van der Waals surface area contributed by atoms with E-state index in [1.165, 1.54) is 13.2 Å². The molecule has 0 saturated carbocycles. The molecule has 116 valence electrons. The van der Waals surface area contributed by atoms with Crippen LogP contribution in [0.25, 0.3) is 0 Å². The van der Waals surface area contributed by atoms with E-state index in [9.17, 15) is 12.8 Å². The van der Waals surface area contributed by atoms with E-state index in [-0.39, 0.29) is 35.6 Å². The average Bonchev–Trinajstić information content (AvgIpc) is 2.37. The first kappa shape index (κ1) is 19.1. The standard InChI is InChI=1S/C12H19FN2O3S.ClH/c1-4-14-9(2)8-15-19(16,17)10-5-6-11(13)12(7-10)18-3;/h5-7,9,14-15H,4,8H2,1-3H3;1H/t9-;/m1./s1. The molecule has 1 aromatic carbocycles. The van der Waals surface area contributed by atoms with Crippen LogP contribution >= 0.6 is 12.4 Å². The molecule has 1 aromatic rings. The molecule has 0 fully saturated rings. The van der Waals surface area contributed by atoms with Gasteiger partial charge in [-0.3, -0.25) is 0 Å². The van der Waals surface area contributed by atoms with Crippen LogP contribution in [-0.4, -0.2) is 34.7 Å². The number of sulfonamides is 1. The third kappa shape index (κ3) is 5.24. The number of hydrogen-bond donors (Lipinski definition) is 2. The van der Waals surface area contributed by atoms with E-state index in [1.807, 2.05) is 13.8 Å². The summed E-state index contributed by atoms with van der Waals surface area (Å²) < 4.78 is 44.5. The number of benzene rings is 1. The lowest BCUT2D eigenvalue weighted by atomic mass is 10.3. The van der Waals surface area contributed by atoms with Gasteiger partial charge in [0.15, 0.2) is 11.6 Å².